The maximum atomic E-state index is 14.3. The van der Waals surface area contributed by atoms with E-state index in [1.165, 1.54) is 11.8 Å². The van der Waals surface area contributed by atoms with Crippen molar-refractivity contribution in [2.75, 3.05) is 5.75 Å². The molecular weight excluding hydrogens is 542 g/mol. The number of amides is 1. The van der Waals surface area contributed by atoms with Crippen molar-refractivity contribution in [3.05, 3.63) is 143 Å². The molecule has 6 rings (SSSR count). The van der Waals surface area contributed by atoms with Gasteiger partial charge in [0.05, 0.1) is 12.0 Å². The highest BCUT2D eigenvalue weighted by molar-refractivity contribution is 8.14. The van der Waals surface area contributed by atoms with Gasteiger partial charge in [-0.1, -0.05) is 127 Å². The standard InChI is InChI=1S/C36H33NO4S/c38-34-29(24-42-36(40)27-17-8-3-9-18-27)23-28-19-10-11-20-30(28)31-21-12-22-32(37(31)34)35(39)41-33(25-13-4-1-5-14-25)26-15-6-2-7-16-26/h1-11,13-20,29,31-33H,12,21-24H2/t29-,31-,32+/m1/s1. The zero-order chi connectivity index (χ0) is 28.9. The van der Waals surface area contributed by atoms with Gasteiger partial charge in [-0.2, -0.15) is 0 Å². The SMILES string of the molecule is O=C(SC[C@H]1Cc2ccccc2[C@H]2CCC[C@@H](C(=O)OC(c3ccccc3)c3ccccc3)N2C1=O)c1ccccc1. The minimum Gasteiger partial charge on any atom is -0.451 e. The van der Waals surface area contributed by atoms with E-state index in [9.17, 15) is 14.4 Å². The van der Waals surface area contributed by atoms with E-state index in [0.29, 0.717) is 24.2 Å². The predicted molar refractivity (Wildman–Crippen MR) is 165 cm³/mol. The topological polar surface area (TPSA) is 63.7 Å². The van der Waals surface area contributed by atoms with Crippen LogP contribution in [0.25, 0.3) is 0 Å². The van der Waals surface area contributed by atoms with E-state index in [1.807, 2.05) is 91.0 Å². The summed E-state index contributed by atoms with van der Waals surface area (Å²) in [7, 11) is 0. The molecule has 1 saturated heterocycles. The fourth-order valence-electron chi connectivity index (χ4n) is 6.20. The maximum absolute atomic E-state index is 14.3. The first-order chi connectivity index (χ1) is 20.6. The Morgan fingerprint density at radius 2 is 1.38 bits per heavy atom. The van der Waals surface area contributed by atoms with Crippen molar-refractivity contribution in [1.29, 1.82) is 0 Å². The van der Waals surface area contributed by atoms with Crippen molar-refractivity contribution in [1.82, 2.24) is 4.90 Å². The van der Waals surface area contributed by atoms with Crippen LogP contribution < -0.4 is 0 Å². The minimum atomic E-state index is -0.699. The fraction of sp³-hybridized carbons (Fsp3) is 0.250. The van der Waals surface area contributed by atoms with Crippen molar-refractivity contribution >= 4 is 28.8 Å². The number of carbonyl (C=O) groups excluding carboxylic acids is 3. The van der Waals surface area contributed by atoms with Gasteiger partial charge in [-0.3, -0.25) is 9.59 Å². The molecule has 42 heavy (non-hydrogen) atoms. The van der Waals surface area contributed by atoms with Gasteiger partial charge in [-0.15, -0.1) is 0 Å². The Labute approximate surface area is 250 Å². The quantitative estimate of drug-likeness (QED) is 0.218. The lowest BCUT2D eigenvalue weighted by Crippen LogP contribution is -2.52. The summed E-state index contributed by atoms with van der Waals surface area (Å²) in [6.07, 6.45) is 2.11. The molecule has 0 spiro atoms. The Hall–Kier alpha value is -4.16. The van der Waals surface area contributed by atoms with Crippen LogP contribution in [-0.2, 0) is 20.7 Å². The second kappa shape index (κ2) is 12.8. The molecule has 2 heterocycles. The highest BCUT2D eigenvalue weighted by Gasteiger charge is 2.45. The van der Waals surface area contributed by atoms with Crippen LogP contribution >= 0.6 is 11.8 Å². The van der Waals surface area contributed by atoms with E-state index in [1.54, 1.807) is 17.0 Å². The molecular formula is C36H33NO4S. The third-order valence-electron chi connectivity index (χ3n) is 8.25. The molecule has 4 aromatic rings. The molecule has 1 fully saturated rings. The summed E-state index contributed by atoms with van der Waals surface area (Å²) in [5.41, 5.74) is 4.58. The largest absolute Gasteiger partial charge is 0.451 e. The van der Waals surface area contributed by atoms with Crippen LogP contribution in [0.3, 0.4) is 0 Å². The monoisotopic (exact) mass is 575 g/mol. The number of ether oxygens (including phenoxy) is 1. The van der Waals surface area contributed by atoms with Gasteiger partial charge in [0.1, 0.15) is 6.04 Å². The van der Waals surface area contributed by atoms with E-state index in [2.05, 4.69) is 12.1 Å². The van der Waals surface area contributed by atoms with Gasteiger partial charge in [0.15, 0.2) is 6.10 Å². The van der Waals surface area contributed by atoms with Crippen molar-refractivity contribution in [3.63, 3.8) is 0 Å². The molecule has 5 nitrogen and oxygen atoms in total. The lowest BCUT2D eigenvalue weighted by atomic mass is 9.89. The molecule has 4 aromatic carbocycles. The highest BCUT2D eigenvalue weighted by Crippen LogP contribution is 2.42. The average molecular weight is 576 g/mol. The molecule has 6 heteroatoms. The molecule has 3 atom stereocenters. The molecule has 2 aliphatic rings. The zero-order valence-corrected chi connectivity index (χ0v) is 24.1. The first-order valence-corrected chi connectivity index (χ1v) is 15.5. The minimum absolute atomic E-state index is 0.0550. The van der Waals surface area contributed by atoms with E-state index in [0.717, 1.165) is 35.1 Å². The van der Waals surface area contributed by atoms with Gasteiger partial charge < -0.3 is 9.64 Å². The zero-order valence-electron chi connectivity index (χ0n) is 23.3. The number of hydrogen-bond donors (Lipinski definition) is 0. The van der Waals surface area contributed by atoms with Crippen LogP contribution in [0.2, 0.25) is 0 Å². The molecule has 0 unspecified atom stereocenters. The van der Waals surface area contributed by atoms with E-state index in [4.69, 9.17) is 4.74 Å². The molecule has 0 bridgehead atoms. The Kier molecular flexibility index (Phi) is 8.52. The second-order valence-corrected chi connectivity index (χ2v) is 11.9. The number of thioether (sulfide) groups is 1. The lowest BCUT2D eigenvalue weighted by Gasteiger charge is -2.41. The maximum Gasteiger partial charge on any atom is 0.329 e. The Balaban J connectivity index is 1.29. The molecule has 212 valence electrons. The van der Waals surface area contributed by atoms with Crippen molar-refractivity contribution in [3.8, 4) is 0 Å². The van der Waals surface area contributed by atoms with Crippen molar-refractivity contribution < 1.29 is 19.1 Å². The van der Waals surface area contributed by atoms with E-state index >= 15 is 0 Å². The van der Waals surface area contributed by atoms with Crippen molar-refractivity contribution in [2.24, 2.45) is 5.92 Å². The van der Waals surface area contributed by atoms with Crippen LogP contribution in [0.5, 0.6) is 0 Å². The van der Waals surface area contributed by atoms with Gasteiger partial charge in [0.2, 0.25) is 11.0 Å². The smallest absolute Gasteiger partial charge is 0.329 e. The molecule has 1 amide bonds. The summed E-state index contributed by atoms with van der Waals surface area (Å²) in [4.78, 5) is 43.1. The lowest BCUT2D eigenvalue weighted by molar-refractivity contribution is -0.164. The number of esters is 1. The van der Waals surface area contributed by atoms with Crippen LogP contribution in [0, 0.1) is 5.92 Å². The van der Waals surface area contributed by atoms with Gasteiger partial charge in [-0.05, 0) is 47.9 Å². The average Bonchev–Trinajstić information content (AvgIpc) is 3.17. The van der Waals surface area contributed by atoms with Crippen LogP contribution in [0.4, 0.5) is 0 Å². The summed E-state index contributed by atoms with van der Waals surface area (Å²) >= 11 is 1.18. The summed E-state index contributed by atoms with van der Waals surface area (Å²) in [6, 6.07) is 35.8. The van der Waals surface area contributed by atoms with Crippen LogP contribution in [-0.4, -0.2) is 33.7 Å². The first-order valence-electron chi connectivity index (χ1n) is 14.5. The number of piperidine rings is 1. The highest BCUT2D eigenvalue weighted by atomic mass is 32.2. The third-order valence-corrected chi connectivity index (χ3v) is 9.31. The van der Waals surface area contributed by atoms with Gasteiger partial charge in [0.25, 0.3) is 0 Å². The first kappa shape index (κ1) is 28.0. The van der Waals surface area contributed by atoms with Gasteiger partial charge in [0, 0.05) is 11.3 Å². The second-order valence-electron chi connectivity index (χ2n) is 10.9. The van der Waals surface area contributed by atoms with Gasteiger partial charge in [-0.25, -0.2) is 4.79 Å². The molecule has 0 N–H and O–H groups in total. The number of carbonyl (C=O) groups is 3. The fourth-order valence-corrected chi connectivity index (χ4v) is 7.11. The predicted octanol–water partition coefficient (Wildman–Crippen LogP) is 7.19. The Morgan fingerprint density at radius 1 is 0.786 bits per heavy atom. The van der Waals surface area contributed by atoms with E-state index in [-0.39, 0.29) is 17.1 Å². The summed E-state index contributed by atoms with van der Waals surface area (Å²) in [5.74, 6) is -0.553. The Morgan fingerprint density at radius 3 is 2.05 bits per heavy atom. The summed E-state index contributed by atoms with van der Waals surface area (Å²) < 4.78 is 6.29. The normalized spacial score (nSPS) is 19.9. The number of hydrogen-bond acceptors (Lipinski definition) is 5. The molecule has 0 aromatic heterocycles. The number of fused-ring (bicyclic) bond motifs is 3. The summed E-state index contributed by atoms with van der Waals surface area (Å²) in [6.45, 7) is 0. The van der Waals surface area contributed by atoms with Crippen LogP contribution in [0.15, 0.2) is 115 Å². The molecule has 2 aliphatic heterocycles. The Bertz CT molecular complexity index is 1500. The third kappa shape index (κ3) is 5.90. The van der Waals surface area contributed by atoms with Gasteiger partial charge >= 0.3 is 5.97 Å². The number of benzene rings is 4. The number of rotatable bonds is 7. The number of nitrogens with zero attached hydrogens (tertiary/aromatic N) is 1. The van der Waals surface area contributed by atoms with Crippen LogP contribution in [0.1, 0.15) is 64.0 Å². The van der Waals surface area contributed by atoms with E-state index < -0.39 is 24.0 Å². The molecule has 0 saturated carbocycles. The summed E-state index contributed by atoms with van der Waals surface area (Å²) in [5, 5.41) is -0.0550. The molecule has 0 radical (unpaired) electrons. The van der Waals surface area contributed by atoms with Crippen molar-refractivity contribution in [2.45, 2.75) is 43.9 Å². The molecule has 0 aliphatic carbocycles.